The van der Waals surface area contributed by atoms with Crippen molar-refractivity contribution in [3.8, 4) is 5.75 Å². The molecule has 0 saturated carbocycles. The predicted octanol–water partition coefficient (Wildman–Crippen LogP) is 1.64. The van der Waals surface area contributed by atoms with E-state index in [9.17, 15) is 0 Å². The highest BCUT2D eigenvalue weighted by atomic mass is 32.1. The lowest BCUT2D eigenvalue weighted by molar-refractivity contribution is 0.162. The van der Waals surface area contributed by atoms with Gasteiger partial charge in [0.25, 0.3) is 0 Å². The average molecular weight is 263 g/mol. The van der Waals surface area contributed by atoms with Gasteiger partial charge in [0.05, 0.1) is 13.2 Å². The summed E-state index contributed by atoms with van der Waals surface area (Å²) in [6.07, 6.45) is 3.42. The van der Waals surface area contributed by atoms with Crippen LogP contribution in [0.4, 0.5) is 0 Å². The van der Waals surface area contributed by atoms with Crippen LogP contribution in [0.3, 0.4) is 0 Å². The Morgan fingerprint density at radius 2 is 2.39 bits per heavy atom. The SMILES string of the molecule is COc1ccc2c3c1CCCC3N(NC(N)=S)C2. The summed E-state index contributed by atoms with van der Waals surface area (Å²) >= 11 is 4.94. The van der Waals surface area contributed by atoms with Crippen LogP contribution in [0.1, 0.15) is 35.6 Å². The number of hydrogen-bond acceptors (Lipinski definition) is 3. The van der Waals surface area contributed by atoms with Gasteiger partial charge in [-0.1, -0.05) is 6.07 Å². The van der Waals surface area contributed by atoms with Crippen molar-refractivity contribution in [1.82, 2.24) is 10.4 Å². The predicted molar refractivity (Wildman–Crippen MR) is 74.1 cm³/mol. The second kappa shape index (κ2) is 4.40. The third-order valence-electron chi connectivity index (χ3n) is 3.83. The quantitative estimate of drug-likeness (QED) is 0.794. The lowest BCUT2D eigenvalue weighted by Gasteiger charge is -2.29. The van der Waals surface area contributed by atoms with E-state index < -0.39 is 0 Å². The van der Waals surface area contributed by atoms with Crippen LogP contribution in [-0.2, 0) is 13.0 Å². The number of hydrazine groups is 1. The number of hydrogen-bond donors (Lipinski definition) is 2. The van der Waals surface area contributed by atoms with Crippen molar-refractivity contribution < 1.29 is 4.74 Å². The fourth-order valence-corrected chi connectivity index (χ4v) is 3.29. The van der Waals surface area contributed by atoms with E-state index in [1.165, 1.54) is 23.1 Å². The molecule has 0 fully saturated rings. The Morgan fingerprint density at radius 1 is 1.56 bits per heavy atom. The van der Waals surface area contributed by atoms with Crippen molar-refractivity contribution >= 4 is 17.3 Å². The largest absolute Gasteiger partial charge is 0.496 e. The third-order valence-corrected chi connectivity index (χ3v) is 3.92. The number of benzene rings is 1. The molecule has 1 atom stereocenters. The average Bonchev–Trinajstić information content (AvgIpc) is 2.70. The second-order valence-corrected chi connectivity index (χ2v) is 5.27. The topological polar surface area (TPSA) is 50.5 Å². The molecule has 4 nitrogen and oxygen atoms in total. The summed E-state index contributed by atoms with van der Waals surface area (Å²) in [5, 5.41) is 2.48. The van der Waals surface area contributed by atoms with Crippen LogP contribution in [0, 0.1) is 0 Å². The number of ether oxygens (including phenoxy) is 1. The standard InChI is InChI=1S/C13H17N3OS/c1-17-11-6-5-8-7-16(15-13(14)18)10-4-2-3-9(11)12(8)10/h5-6,10H,2-4,7H2,1H3,(H3,14,15,18). The Bertz CT molecular complexity index is 503. The molecular weight excluding hydrogens is 246 g/mol. The lowest BCUT2D eigenvalue weighted by atomic mass is 9.86. The monoisotopic (exact) mass is 263 g/mol. The molecular formula is C13H17N3OS. The van der Waals surface area contributed by atoms with Crippen LogP contribution in [0.5, 0.6) is 5.75 Å². The smallest absolute Gasteiger partial charge is 0.178 e. The highest BCUT2D eigenvalue weighted by Gasteiger charge is 2.36. The maximum Gasteiger partial charge on any atom is 0.178 e. The second-order valence-electron chi connectivity index (χ2n) is 4.83. The van der Waals surface area contributed by atoms with Crippen molar-refractivity contribution in [3.63, 3.8) is 0 Å². The molecule has 0 aromatic heterocycles. The number of rotatable bonds is 2. The first-order valence-corrected chi connectivity index (χ1v) is 6.63. The molecule has 0 bridgehead atoms. The van der Waals surface area contributed by atoms with Gasteiger partial charge in [-0.05, 0) is 54.2 Å². The highest BCUT2D eigenvalue weighted by molar-refractivity contribution is 7.80. The van der Waals surface area contributed by atoms with E-state index in [1.54, 1.807) is 7.11 Å². The third kappa shape index (κ3) is 1.74. The molecule has 1 aromatic carbocycles. The van der Waals surface area contributed by atoms with Crippen LogP contribution in [0.15, 0.2) is 12.1 Å². The van der Waals surface area contributed by atoms with Crippen molar-refractivity contribution in [2.45, 2.75) is 31.8 Å². The maximum atomic E-state index is 5.59. The molecule has 1 unspecified atom stereocenters. The summed E-state index contributed by atoms with van der Waals surface area (Å²) in [6, 6.07) is 4.60. The minimum absolute atomic E-state index is 0.335. The number of nitrogens with one attached hydrogen (secondary N) is 1. The van der Waals surface area contributed by atoms with Gasteiger partial charge in [-0.3, -0.25) is 5.43 Å². The zero-order valence-corrected chi connectivity index (χ0v) is 11.2. The number of nitrogens with zero attached hydrogens (tertiary/aromatic N) is 1. The molecule has 3 rings (SSSR count). The van der Waals surface area contributed by atoms with E-state index in [4.69, 9.17) is 22.7 Å². The van der Waals surface area contributed by atoms with Crippen molar-refractivity contribution in [2.75, 3.05) is 7.11 Å². The zero-order chi connectivity index (χ0) is 12.7. The molecule has 0 spiro atoms. The molecule has 0 saturated heterocycles. The Labute approximate surface area is 112 Å². The first kappa shape index (κ1) is 11.7. The van der Waals surface area contributed by atoms with Gasteiger partial charge in [-0.2, -0.15) is 0 Å². The Morgan fingerprint density at radius 3 is 3.11 bits per heavy atom. The molecule has 0 radical (unpaired) electrons. The molecule has 3 N–H and O–H groups in total. The lowest BCUT2D eigenvalue weighted by Crippen LogP contribution is -2.44. The molecule has 0 amide bonds. The fourth-order valence-electron chi connectivity index (χ4n) is 3.18. The van der Waals surface area contributed by atoms with E-state index in [2.05, 4.69) is 22.6 Å². The zero-order valence-electron chi connectivity index (χ0n) is 10.4. The summed E-state index contributed by atoms with van der Waals surface area (Å²) in [4.78, 5) is 0. The summed E-state index contributed by atoms with van der Waals surface area (Å²) in [5.74, 6) is 1.01. The molecule has 1 aliphatic carbocycles. The highest BCUT2D eigenvalue weighted by Crippen LogP contribution is 2.44. The minimum atomic E-state index is 0.335. The molecule has 1 aliphatic heterocycles. The van der Waals surface area contributed by atoms with Gasteiger partial charge in [0.1, 0.15) is 5.75 Å². The van der Waals surface area contributed by atoms with Crippen LogP contribution in [-0.4, -0.2) is 17.2 Å². The Kier molecular flexibility index (Phi) is 2.87. The summed E-state index contributed by atoms with van der Waals surface area (Å²) in [5.41, 5.74) is 12.8. The van der Waals surface area contributed by atoms with E-state index in [0.29, 0.717) is 11.2 Å². The number of methoxy groups -OCH3 is 1. The maximum absolute atomic E-state index is 5.59. The number of thiocarbonyl (C=S) groups is 1. The molecule has 18 heavy (non-hydrogen) atoms. The van der Waals surface area contributed by atoms with Gasteiger partial charge in [-0.25, -0.2) is 5.01 Å². The summed E-state index contributed by atoms with van der Waals surface area (Å²) in [7, 11) is 1.74. The van der Waals surface area contributed by atoms with Crippen LogP contribution in [0.2, 0.25) is 0 Å². The molecule has 96 valence electrons. The first-order valence-electron chi connectivity index (χ1n) is 6.22. The van der Waals surface area contributed by atoms with E-state index in [1.807, 2.05) is 0 Å². The van der Waals surface area contributed by atoms with Crippen molar-refractivity contribution in [1.29, 1.82) is 0 Å². The van der Waals surface area contributed by atoms with Crippen LogP contribution < -0.4 is 15.9 Å². The molecule has 2 aliphatic rings. The summed E-state index contributed by atoms with van der Waals surface area (Å²) < 4.78 is 5.47. The Hall–Kier alpha value is -1.33. The molecule has 1 heterocycles. The van der Waals surface area contributed by atoms with E-state index >= 15 is 0 Å². The van der Waals surface area contributed by atoms with Crippen LogP contribution >= 0.6 is 12.2 Å². The van der Waals surface area contributed by atoms with Gasteiger partial charge < -0.3 is 10.5 Å². The first-order chi connectivity index (χ1) is 8.70. The van der Waals surface area contributed by atoms with Gasteiger partial charge in [0.15, 0.2) is 5.11 Å². The van der Waals surface area contributed by atoms with Crippen molar-refractivity contribution in [3.05, 3.63) is 28.8 Å². The van der Waals surface area contributed by atoms with Gasteiger partial charge in [-0.15, -0.1) is 0 Å². The fraction of sp³-hybridized carbons (Fsp3) is 0.462. The minimum Gasteiger partial charge on any atom is -0.496 e. The molecule has 1 aromatic rings. The van der Waals surface area contributed by atoms with E-state index in [-0.39, 0.29) is 0 Å². The molecule has 5 heteroatoms. The van der Waals surface area contributed by atoms with E-state index in [0.717, 1.165) is 25.1 Å². The van der Waals surface area contributed by atoms with Crippen molar-refractivity contribution in [2.24, 2.45) is 5.73 Å². The van der Waals surface area contributed by atoms with Gasteiger partial charge in [0.2, 0.25) is 0 Å². The Balaban J connectivity index is 2.02. The normalized spacial score (nSPS) is 21.5. The van der Waals surface area contributed by atoms with Crippen LogP contribution in [0.25, 0.3) is 0 Å². The summed E-state index contributed by atoms with van der Waals surface area (Å²) in [6.45, 7) is 0.855. The van der Waals surface area contributed by atoms with Gasteiger partial charge in [0, 0.05) is 6.54 Å². The number of nitrogens with two attached hydrogens (primary N) is 1. The van der Waals surface area contributed by atoms with Gasteiger partial charge >= 0.3 is 0 Å².